The molecule has 1 aromatic rings. The van der Waals surface area contributed by atoms with E-state index in [0.29, 0.717) is 19.6 Å². The third-order valence-electron chi connectivity index (χ3n) is 2.46. The zero-order valence-corrected chi connectivity index (χ0v) is 9.63. The fourth-order valence-corrected chi connectivity index (χ4v) is 1.70. The van der Waals surface area contributed by atoms with E-state index in [1.54, 1.807) is 0 Å². The monoisotopic (exact) mass is 239 g/mol. The summed E-state index contributed by atoms with van der Waals surface area (Å²) < 4.78 is 0. The van der Waals surface area contributed by atoms with Crippen LogP contribution in [0.5, 0.6) is 0 Å². The van der Waals surface area contributed by atoms with Crippen molar-refractivity contribution in [3.63, 3.8) is 0 Å². The van der Waals surface area contributed by atoms with Crippen molar-refractivity contribution in [2.45, 2.75) is 6.54 Å². The molecule has 86 valence electrons. The van der Waals surface area contributed by atoms with E-state index in [2.05, 4.69) is 10.7 Å². The van der Waals surface area contributed by atoms with E-state index in [1.807, 2.05) is 29.3 Å². The van der Waals surface area contributed by atoms with E-state index in [0.717, 1.165) is 17.1 Å². The summed E-state index contributed by atoms with van der Waals surface area (Å²) in [6.07, 6.45) is 0. The van der Waals surface area contributed by atoms with Crippen LogP contribution < -0.4 is 10.7 Å². The van der Waals surface area contributed by atoms with E-state index in [-0.39, 0.29) is 5.91 Å². The van der Waals surface area contributed by atoms with Crippen LogP contribution in [0.25, 0.3) is 0 Å². The fourth-order valence-electron chi connectivity index (χ4n) is 1.58. The molecule has 1 aliphatic rings. The van der Waals surface area contributed by atoms with Crippen molar-refractivity contribution in [2.75, 3.05) is 19.6 Å². The average Bonchev–Trinajstić information content (AvgIpc) is 2.28. The van der Waals surface area contributed by atoms with Gasteiger partial charge < -0.3 is 5.32 Å². The summed E-state index contributed by atoms with van der Waals surface area (Å²) in [7, 11) is 0. The lowest BCUT2D eigenvalue weighted by molar-refractivity contribution is -0.125. The molecule has 16 heavy (non-hydrogen) atoms. The molecule has 0 unspecified atom stereocenters. The molecular formula is C11H14ClN3O. The molecule has 0 spiro atoms. The number of halogens is 1. The molecule has 0 aliphatic carbocycles. The van der Waals surface area contributed by atoms with E-state index in [4.69, 9.17) is 11.6 Å². The Labute approximate surface area is 99.5 Å². The van der Waals surface area contributed by atoms with Gasteiger partial charge in [0.1, 0.15) is 0 Å². The minimum atomic E-state index is 0.0647. The van der Waals surface area contributed by atoms with Crippen LogP contribution in [0.3, 0.4) is 0 Å². The Hall–Kier alpha value is -1.10. The maximum Gasteiger partial charge on any atom is 0.235 e. The maximum absolute atomic E-state index is 11.1. The molecule has 1 aromatic carbocycles. The largest absolute Gasteiger partial charge is 0.354 e. The molecule has 2 rings (SSSR count). The normalized spacial score (nSPS) is 17.2. The molecule has 5 heteroatoms. The summed E-state index contributed by atoms with van der Waals surface area (Å²) in [5, 5.41) is 5.44. The van der Waals surface area contributed by atoms with E-state index < -0.39 is 0 Å². The Bertz CT molecular complexity index is 366. The van der Waals surface area contributed by atoms with Gasteiger partial charge in [0, 0.05) is 24.7 Å². The van der Waals surface area contributed by atoms with Gasteiger partial charge in [-0.25, -0.2) is 5.01 Å². The Kier molecular flexibility index (Phi) is 3.77. The number of nitrogens with zero attached hydrogens (tertiary/aromatic N) is 1. The van der Waals surface area contributed by atoms with Gasteiger partial charge in [-0.1, -0.05) is 23.7 Å². The number of hydrogen-bond acceptors (Lipinski definition) is 3. The Morgan fingerprint density at radius 3 is 2.81 bits per heavy atom. The Morgan fingerprint density at radius 2 is 2.12 bits per heavy atom. The number of hydrogen-bond donors (Lipinski definition) is 2. The van der Waals surface area contributed by atoms with Crippen LogP contribution >= 0.6 is 11.6 Å². The number of hydrazine groups is 1. The summed E-state index contributed by atoms with van der Waals surface area (Å²) in [6, 6.07) is 7.67. The van der Waals surface area contributed by atoms with Crippen molar-refractivity contribution in [1.82, 2.24) is 15.8 Å². The molecule has 0 atom stereocenters. The molecule has 4 nitrogen and oxygen atoms in total. The van der Waals surface area contributed by atoms with E-state index in [9.17, 15) is 4.79 Å². The van der Waals surface area contributed by atoms with Gasteiger partial charge in [-0.05, 0) is 17.7 Å². The van der Waals surface area contributed by atoms with Crippen LogP contribution in [0.4, 0.5) is 0 Å². The van der Waals surface area contributed by atoms with E-state index >= 15 is 0 Å². The van der Waals surface area contributed by atoms with Gasteiger partial charge in [0.15, 0.2) is 0 Å². The number of benzene rings is 1. The lowest BCUT2D eigenvalue weighted by Crippen LogP contribution is -2.52. The molecule has 1 heterocycles. The molecule has 1 aliphatic heterocycles. The third kappa shape index (κ3) is 3.20. The maximum atomic E-state index is 11.1. The second-order valence-electron chi connectivity index (χ2n) is 3.73. The Balaban J connectivity index is 1.82. The van der Waals surface area contributed by atoms with Crippen molar-refractivity contribution in [1.29, 1.82) is 0 Å². The topological polar surface area (TPSA) is 44.4 Å². The standard InChI is InChI=1S/C11H14ClN3O/c12-10-3-1-9(2-4-10)7-14-15-6-5-13-11(16)8-15/h1-4,14H,5-8H2,(H,13,16). The zero-order chi connectivity index (χ0) is 11.4. The predicted molar refractivity (Wildman–Crippen MR) is 62.9 cm³/mol. The third-order valence-corrected chi connectivity index (χ3v) is 2.71. The molecule has 0 radical (unpaired) electrons. The number of amides is 1. The summed E-state index contributed by atoms with van der Waals surface area (Å²) in [4.78, 5) is 11.1. The van der Waals surface area contributed by atoms with Crippen molar-refractivity contribution >= 4 is 17.5 Å². The van der Waals surface area contributed by atoms with Gasteiger partial charge in [0.2, 0.25) is 5.91 Å². The molecule has 1 saturated heterocycles. The van der Waals surface area contributed by atoms with Crippen LogP contribution in [-0.4, -0.2) is 30.6 Å². The van der Waals surface area contributed by atoms with Crippen LogP contribution in [0.15, 0.2) is 24.3 Å². The first-order valence-electron chi connectivity index (χ1n) is 5.23. The van der Waals surface area contributed by atoms with Crippen LogP contribution in [0, 0.1) is 0 Å². The fraction of sp³-hybridized carbons (Fsp3) is 0.364. The number of rotatable bonds is 3. The number of carbonyl (C=O) groups excluding carboxylic acids is 1. The Morgan fingerprint density at radius 1 is 1.38 bits per heavy atom. The first-order valence-corrected chi connectivity index (χ1v) is 5.61. The lowest BCUT2D eigenvalue weighted by atomic mass is 10.2. The van der Waals surface area contributed by atoms with Gasteiger partial charge >= 0.3 is 0 Å². The second-order valence-corrected chi connectivity index (χ2v) is 4.17. The molecular weight excluding hydrogens is 226 g/mol. The van der Waals surface area contributed by atoms with Gasteiger partial charge in [-0.2, -0.15) is 0 Å². The van der Waals surface area contributed by atoms with Crippen molar-refractivity contribution in [3.05, 3.63) is 34.9 Å². The SMILES string of the molecule is O=C1CN(NCc2ccc(Cl)cc2)CCN1. The highest BCUT2D eigenvalue weighted by Gasteiger charge is 2.14. The minimum absolute atomic E-state index is 0.0647. The zero-order valence-electron chi connectivity index (χ0n) is 8.87. The molecule has 0 saturated carbocycles. The smallest absolute Gasteiger partial charge is 0.235 e. The number of nitrogens with one attached hydrogen (secondary N) is 2. The average molecular weight is 240 g/mol. The highest BCUT2D eigenvalue weighted by Crippen LogP contribution is 2.09. The van der Waals surface area contributed by atoms with Gasteiger partial charge in [-0.15, -0.1) is 0 Å². The van der Waals surface area contributed by atoms with Gasteiger partial charge in [0.05, 0.1) is 6.54 Å². The lowest BCUT2D eigenvalue weighted by Gasteiger charge is -2.27. The van der Waals surface area contributed by atoms with Crippen molar-refractivity contribution in [2.24, 2.45) is 0 Å². The first-order chi connectivity index (χ1) is 7.74. The van der Waals surface area contributed by atoms with Crippen molar-refractivity contribution in [3.8, 4) is 0 Å². The molecule has 2 N–H and O–H groups in total. The van der Waals surface area contributed by atoms with Crippen LogP contribution in [-0.2, 0) is 11.3 Å². The highest BCUT2D eigenvalue weighted by molar-refractivity contribution is 6.30. The highest BCUT2D eigenvalue weighted by atomic mass is 35.5. The number of piperazine rings is 1. The minimum Gasteiger partial charge on any atom is -0.354 e. The van der Waals surface area contributed by atoms with E-state index in [1.165, 1.54) is 0 Å². The quantitative estimate of drug-likeness (QED) is 0.819. The molecule has 0 aromatic heterocycles. The molecule has 1 fully saturated rings. The summed E-state index contributed by atoms with van der Waals surface area (Å²) in [5.74, 6) is 0.0647. The summed E-state index contributed by atoms with van der Waals surface area (Å²) >= 11 is 5.80. The second kappa shape index (κ2) is 5.30. The van der Waals surface area contributed by atoms with Crippen LogP contribution in [0.1, 0.15) is 5.56 Å². The molecule has 1 amide bonds. The first kappa shape index (κ1) is 11.4. The van der Waals surface area contributed by atoms with Crippen LogP contribution in [0.2, 0.25) is 5.02 Å². The van der Waals surface area contributed by atoms with Gasteiger partial charge in [-0.3, -0.25) is 10.2 Å². The summed E-state index contributed by atoms with van der Waals surface area (Å²) in [6.45, 7) is 2.66. The summed E-state index contributed by atoms with van der Waals surface area (Å²) in [5.41, 5.74) is 4.37. The van der Waals surface area contributed by atoms with Crippen molar-refractivity contribution < 1.29 is 4.79 Å². The van der Waals surface area contributed by atoms with Gasteiger partial charge in [0.25, 0.3) is 0 Å². The predicted octanol–water partition coefficient (Wildman–Crippen LogP) is 0.776. The number of carbonyl (C=O) groups is 1. The molecule has 0 bridgehead atoms.